The summed E-state index contributed by atoms with van der Waals surface area (Å²) in [6, 6.07) is 16.1. The zero-order valence-electron chi connectivity index (χ0n) is 22.9. The molecule has 0 spiro atoms. The van der Waals surface area contributed by atoms with Gasteiger partial charge in [0.05, 0.1) is 28.4 Å². The van der Waals surface area contributed by atoms with Gasteiger partial charge in [0.2, 0.25) is 0 Å². The molecular formula is C26H38CoN5O5Si-3. The van der Waals surface area contributed by atoms with E-state index in [0.29, 0.717) is 0 Å². The van der Waals surface area contributed by atoms with Crippen molar-refractivity contribution in [2.24, 2.45) is 20.6 Å². The number of nitrogens with zero attached hydrogens (tertiary/aromatic N) is 5. The zero-order chi connectivity index (χ0) is 28.9. The molecule has 1 atom stereocenters. The number of pyridine rings is 1. The Kier molecular flexibility index (Phi) is 22.4. The van der Waals surface area contributed by atoms with Crippen molar-refractivity contribution in [1.82, 2.24) is 4.98 Å². The van der Waals surface area contributed by atoms with Crippen LogP contribution in [0, 0.1) is 17.0 Å². The van der Waals surface area contributed by atoms with E-state index >= 15 is 0 Å². The monoisotopic (exact) mass is 587 g/mol. The molecule has 0 saturated carbocycles. The molecule has 1 heterocycles. The molecule has 2 rings (SSSR count). The maximum atomic E-state index is 10.5. The van der Waals surface area contributed by atoms with Crippen molar-refractivity contribution in [1.29, 1.82) is 0 Å². The van der Waals surface area contributed by atoms with Crippen molar-refractivity contribution in [3.63, 3.8) is 0 Å². The van der Waals surface area contributed by atoms with Crippen molar-refractivity contribution in [3.8, 4) is 0 Å². The van der Waals surface area contributed by atoms with Crippen molar-refractivity contribution in [3.05, 3.63) is 89.6 Å². The molecule has 1 aromatic heterocycles. The summed E-state index contributed by atoms with van der Waals surface area (Å²) in [5, 5.41) is 56.3. The molecule has 0 fully saturated rings. The van der Waals surface area contributed by atoms with E-state index in [4.69, 9.17) is 17.0 Å². The van der Waals surface area contributed by atoms with Crippen LogP contribution < -0.4 is 0 Å². The zero-order valence-corrected chi connectivity index (χ0v) is 24.9. The minimum absolute atomic E-state index is 0. The smallest absolute Gasteiger partial charge is 0.0967 e. The Bertz CT molecular complexity index is 923. The average Bonchev–Trinajstić information content (AvgIpc) is 2.92. The number of hydrogen-bond acceptors (Lipinski definition) is 10. The molecule has 1 aromatic carbocycles. The van der Waals surface area contributed by atoms with Crippen LogP contribution in [0.4, 0.5) is 0 Å². The van der Waals surface area contributed by atoms with E-state index in [1.807, 2.05) is 48.5 Å². The van der Waals surface area contributed by atoms with Crippen LogP contribution in [0.15, 0.2) is 87.6 Å². The maximum absolute atomic E-state index is 10.5. The molecule has 3 N–H and O–H groups in total. The third kappa shape index (κ3) is 18.9. The summed E-state index contributed by atoms with van der Waals surface area (Å²) < 4.78 is 0. The van der Waals surface area contributed by atoms with Crippen LogP contribution in [-0.2, 0) is 22.4 Å². The van der Waals surface area contributed by atoms with Crippen LogP contribution in [0.2, 0.25) is 25.7 Å². The van der Waals surface area contributed by atoms with Crippen molar-refractivity contribution >= 4 is 30.9 Å². The Morgan fingerprint density at radius 2 is 1.24 bits per heavy atom. The second-order valence-electron chi connectivity index (χ2n) is 8.94. The van der Waals surface area contributed by atoms with Crippen LogP contribution in [0.25, 0.3) is 0 Å². The summed E-state index contributed by atoms with van der Waals surface area (Å²) in [7, 11) is -1.36. The van der Waals surface area contributed by atoms with E-state index < -0.39 is 13.7 Å². The minimum Gasteiger partial charge on any atom is -0.792 e. The molecular weight excluding hydrogens is 549 g/mol. The van der Waals surface area contributed by atoms with Gasteiger partial charge < -0.3 is 42.8 Å². The first-order valence-electron chi connectivity index (χ1n) is 11.2. The maximum Gasteiger partial charge on any atom is 0.0967 e. The van der Waals surface area contributed by atoms with Gasteiger partial charge in [-0.05, 0) is 51.4 Å². The van der Waals surface area contributed by atoms with Gasteiger partial charge in [-0.2, -0.15) is 0 Å². The Morgan fingerprint density at radius 3 is 1.45 bits per heavy atom. The molecule has 0 bridgehead atoms. The number of aliphatic hydroxyl groups is 1. The molecule has 0 aliphatic rings. The topological polar surface area (TPSA) is 169 Å². The van der Waals surface area contributed by atoms with E-state index in [-0.39, 0.29) is 39.6 Å². The third-order valence-corrected chi connectivity index (χ3v) is 6.14. The number of hydrogen-bond donors (Lipinski definition) is 3. The Balaban J connectivity index is -0.000000457. The molecule has 0 unspecified atom stereocenters. The summed E-state index contributed by atoms with van der Waals surface area (Å²) in [4.78, 5) is 3.78. The molecule has 12 heteroatoms. The third-order valence-electron chi connectivity index (χ3n) is 4.54. The fraction of sp³-hybridized carbons (Fsp3) is 0.346. The summed E-state index contributed by atoms with van der Waals surface area (Å²) in [5.74, 6) is 0. The first-order valence-corrected chi connectivity index (χ1v) is 14.9. The van der Waals surface area contributed by atoms with Gasteiger partial charge in [-0.3, -0.25) is 4.98 Å². The molecule has 213 valence electrons. The summed E-state index contributed by atoms with van der Waals surface area (Å²) in [6.45, 7) is 18.2. The Hall–Kier alpha value is -3.33. The largest absolute Gasteiger partial charge is 0.792 e. The van der Waals surface area contributed by atoms with Crippen molar-refractivity contribution < 1.29 is 32.3 Å². The van der Waals surface area contributed by atoms with E-state index in [9.17, 15) is 15.5 Å². The SMILES string of the molecule is CC(=N\[O-])/C(C)=N/O.CC(=N\[O-])/C(C)=N/O.[CH-]=C[C@@](O)(C[Si](C)(C)C)c1ccccc1.[Co].c1ccncc1. The number of oxime groups is 2. The van der Waals surface area contributed by atoms with Crippen molar-refractivity contribution in [2.45, 2.75) is 59.0 Å². The second-order valence-corrected chi connectivity index (χ2v) is 14.4. The fourth-order valence-electron chi connectivity index (χ4n) is 2.38. The summed E-state index contributed by atoms with van der Waals surface area (Å²) in [5.41, 5.74) is 0.820. The van der Waals surface area contributed by atoms with Gasteiger partial charge in [-0.15, -0.1) is 0 Å². The van der Waals surface area contributed by atoms with Gasteiger partial charge in [0.25, 0.3) is 0 Å². The van der Waals surface area contributed by atoms with Gasteiger partial charge in [-0.1, -0.05) is 66.4 Å². The normalized spacial score (nSPS) is 13.5. The Labute approximate surface area is 237 Å². The first-order chi connectivity index (χ1) is 17.3. The molecule has 1 radical (unpaired) electrons. The molecule has 0 aliphatic carbocycles. The average molecular weight is 588 g/mol. The van der Waals surface area contributed by atoms with E-state index in [1.165, 1.54) is 33.8 Å². The molecule has 0 amide bonds. The van der Waals surface area contributed by atoms with Crippen LogP contribution in [0.3, 0.4) is 0 Å². The molecule has 38 heavy (non-hydrogen) atoms. The van der Waals surface area contributed by atoms with Gasteiger partial charge in [0.15, 0.2) is 0 Å². The number of rotatable bonds is 6. The summed E-state index contributed by atoms with van der Waals surface area (Å²) in [6.07, 6.45) is 4.92. The first kappa shape index (κ1) is 39.2. The van der Waals surface area contributed by atoms with Crippen LogP contribution in [-0.4, -0.2) is 51.4 Å². The Morgan fingerprint density at radius 1 is 0.842 bits per heavy atom. The van der Waals surface area contributed by atoms with Gasteiger partial charge in [0.1, 0.15) is 0 Å². The second kappa shape index (κ2) is 21.7. The number of aromatic nitrogens is 1. The predicted octanol–water partition coefficient (Wildman–Crippen LogP) is 5.87. The standard InChI is InChI=1S/C13H19OSi.C5H5N.2C4H8N2O2.Co/c1-5-13(14,11-15(2,3)4)12-9-7-6-8-10-12;1-2-4-6-5-3-1;2*1-3(5-7)4(2)6-8;/h1,5-10,14H,11H2,2-4H3;1-5H;2*7-8H,1-2H3;/q-1;;;;/p-2/b;;2*5-3+,6-4+;/t13-;;;;/m1..../s1. The van der Waals surface area contributed by atoms with E-state index in [1.54, 1.807) is 12.4 Å². The molecule has 0 saturated heterocycles. The fourth-order valence-corrected chi connectivity index (χ4v) is 4.32. The van der Waals surface area contributed by atoms with Crippen LogP contribution >= 0.6 is 0 Å². The van der Waals surface area contributed by atoms with Crippen LogP contribution in [0.1, 0.15) is 33.3 Å². The van der Waals surface area contributed by atoms with Gasteiger partial charge >= 0.3 is 0 Å². The molecule has 2 aromatic rings. The van der Waals surface area contributed by atoms with Crippen molar-refractivity contribution in [2.75, 3.05) is 0 Å². The molecule has 0 aliphatic heterocycles. The minimum atomic E-state index is -1.36. The van der Waals surface area contributed by atoms with Crippen LogP contribution in [0.5, 0.6) is 0 Å². The van der Waals surface area contributed by atoms with E-state index in [2.05, 4.69) is 45.2 Å². The van der Waals surface area contributed by atoms with Gasteiger partial charge in [0, 0.05) is 37.2 Å². The van der Waals surface area contributed by atoms with Gasteiger partial charge in [-0.25, -0.2) is 6.08 Å². The number of benzene rings is 1. The molecule has 10 nitrogen and oxygen atoms in total. The predicted molar refractivity (Wildman–Crippen MR) is 154 cm³/mol. The quantitative estimate of drug-likeness (QED) is 0.125. The summed E-state index contributed by atoms with van der Waals surface area (Å²) >= 11 is 0. The van der Waals surface area contributed by atoms with E-state index in [0.717, 1.165) is 11.6 Å².